The molecule has 0 atom stereocenters. The zero-order chi connectivity index (χ0) is 31.4. The minimum absolute atomic E-state index is 1.12. The Morgan fingerprint density at radius 2 is 0.723 bits per heavy atom. The molecule has 0 N–H and O–H groups in total. The van der Waals surface area contributed by atoms with Crippen LogP contribution in [0.4, 0.5) is 17.1 Å². The highest BCUT2D eigenvalue weighted by Crippen LogP contribution is 2.45. The van der Waals surface area contributed by atoms with Crippen molar-refractivity contribution < 1.29 is 0 Å². The number of hydrogen-bond acceptors (Lipinski definition) is 1. The molecule has 0 saturated heterocycles. The molecule has 0 amide bonds. The second-order valence-electron chi connectivity index (χ2n) is 11.8. The van der Waals surface area contributed by atoms with Gasteiger partial charge in [-0.3, -0.25) is 0 Å². The molecule has 0 unspecified atom stereocenters. The Morgan fingerprint density at radius 3 is 1.43 bits per heavy atom. The van der Waals surface area contributed by atoms with E-state index >= 15 is 0 Å². The Labute approximate surface area is 276 Å². The lowest BCUT2D eigenvalue weighted by atomic mass is 9.88. The van der Waals surface area contributed by atoms with Crippen molar-refractivity contribution in [1.29, 1.82) is 0 Å². The predicted octanol–water partition coefficient (Wildman–Crippen LogP) is 13.0. The number of fused-ring (bicyclic) bond motifs is 1. The fourth-order valence-electron chi connectivity index (χ4n) is 6.61. The molecule has 0 aliphatic carbocycles. The molecule has 1 heteroatoms. The average Bonchev–Trinajstić information content (AvgIpc) is 3.16. The number of benzene rings is 8. The molecular formula is C46H33N. The van der Waals surface area contributed by atoms with Gasteiger partial charge in [-0.25, -0.2) is 0 Å². The van der Waals surface area contributed by atoms with Gasteiger partial charge in [-0.1, -0.05) is 170 Å². The Kier molecular flexibility index (Phi) is 7.63. The van der Waals surface area contributed by atoms with E-state index < -0.39 is 0 Å². The lowest BCUT2D eigenvalue weighted by Gasteiger charge is -2.28. The van der Waals surface area contributed by atoms with Crippen LogP contribution in [0.3, 0.4) is 0 Å². The molecule has 1 nitrogen and oxygen atoms in total. The highest BCUT2D eigenvalue weighted by atomic mass is 15.1. The largest absolute Gasteiger partial charge is 0.310 e. The molecule has 0 heterocycles. The molecular weight excluding hydrogens is 567 g/mol. The smallest absolute Gasteiger partial charge is 0.0540 e. The molecule has 0 bridgehead atoms. The van der Waals surface area contributed by atoms with Gasteiger partial charge >= 0.3 is 0 Å². The maximum atomic E-state index is 2.38. The maximum absolute atomic E-state index is 2.38. The molecule has 47 heavy (non-hydrogen) atoms. The average molecular weight is 600 g/mol. The Hall–Kier alpha value is -6.18. The molecule has 0 spiro atoms. The molecule has 8 rings (SSSR count). The van der Waals surface area contributed by atoms with Crippen molar-refractivity contribution in [2.24, 2.45) is 0 Å². The summed E-state index contributed by atoms with van der Waals surface area (Å²) in [6, 6.07) is 71.8. The zero-order valence-corrected chi connectivity index (χ0v) is 26.0. The van der Waals surface area contributed by atoms with Gasteiger partial charge in [0.05, 0.1) is 5.69 Å². The SMILES string of the molecule is c1ccc(-c2ccc(-c3ccccc3-c3ccccc3-c3ccccc3N(c3ccccc3)c3ccc4ccccc4c3)cc2)cc1. The summed E-state index contributed by atoms with van der Waals surface area (Å²) in [5.41, 5.74) is 13.0. The Bertz CT molecular complexity index is 2290. The summed E-state index contributed by atoms with van der Waals surface area (Å²) in [4.78, 5) is 2.38. The van der Waals surface area contributed by atoms with Crippen LogP contribution in [0.5, 0.6) is 0 Å². The van der Waals surface area contributed by atoms with E-state index in [9.17, 15) is 0 Å². The number of hydrogen-bond donors (Lipinski definition) is 0. The minimum atomic E-state index is 1.12. The summed E-state index contributed by atoms with van der Waals surface area (Å²) in [7, 11) is 0. The topological polar surface area (TPSA) is 3.24 Å². The van der Waals surface area contributed by atoms with Crippen molar-refractivity contribution in [3.63, 3.8) is 0 Å². The van der Waals surface area contributed by atoms with Crippen LogP contribution >= 0.6 is 0 Å². The van der Waals surface area contributed by atoms with Crippen LogP contribution < -0.4 is 4.90 Å². The van der Waals surface area contributed by atoms with Crippen LogP contribution in [0.2, 0.25) is 0 Å². The van der Waals surface area contributed by atoms with Gasteiger partial charge in [0.25, 0.3) is 0 Å². The first kappa shape index (κ1) is 28.3. The highest BCUT2D eigenvalue weighted by Gasteiger charge is 2.20. The molecule has 0 radical (unpaired) electrons. The van der Waals surface area contributed by atoms with E-state index in [0.717, 1.165) is 17.1 Å². The lowest BCUT2D eigenvalue weighted by Crippen LogP contribution is -2.11. The monoisotopic (exact) mass is 599 g/mol. The van der Waals surface area contributed by atoms with Crippen LogP contribution in [0, 0.1) is 0 Å². The summed E-state index contributed by atoms with van der Waals surface area (Å²) >= 11 is 0. The van der Waals surface area contributed by atoms with Crippen LogP contribution in [0.15, 0.2) is 200 Å². The molecule has 0 aliphatic heterocycles. The molecule has 0 aliphatic rings. The summed E-state index contributed by atoms with van der Waals surface area (Å²) in [6.07, 6.45) is 0. The number of rotatable bonds is 7. The second-order valence-corrected chi connectivity index (χ2v) is 11.8. The Morgan fingerprint density at radius 1 is 0.255 bits per heavy atom. The number of anilines is 3. The van der Waals surface area contributed by atoms with Gasteiger partial charge in [0, 0.05) is 16.9 Å². The van der Waals surface area contributed by atoms with Gasteiger partial charge < -0.3 is 4.90 Å². The third-order valence-corrected chi connectivity index (χ3v) is 8.89. The van der Waals surface area contributed by atoms with Crippen LogP contribution in [-0.2, 0) is 0 Å². The summed E-state index contributed by atoms with van der Waals surface area (Å²) in [5, 5.41) is 2.45. The van der Waals surface area contributed by atoms with E-state index in [-0.39, 0.29) is 0 Å². The van der Waals surface area contributed by atoms with Crippen molar-refractivity contribution in [1.82, 2.24) is 0 Å². The zero-order valence-electron chi connectivity index (χ0n) is 26.0. The molecule has 8 aromatic carbocycles. The van der Waals surface area contributed by atoms with Crippen LogP contribution in [0.1, 0.15) is 0 Å². The van der Waals surface area contributed by atoms with Crippen molar-refractivity contribution in [2.75, 3.05) is 4.90 Å². The van der Waals surface area contributed by atoms with Gasteiger partial charge in [0.1, 0.15) is 0 Å². The van der Waals surface area contributed by atoms with Crippen molar-refractivity contribution in [3.05, 3.63) is 200 Å². The van der Waals surface area contributed by atoms with Crippen LogP contribution in [-0.4, -0.2) is 0 Å². The lowest BCUT2D eigenvalue weighted by molar-refractivity contribution is 1.29. The van der Waals surface area contributed by atoms with Crippen LogP contribution in [0.25, 0.3) is 55.3 Å². The predicted molar refractivity (Wildman–Crippen MR) is 200 cm³/mol. The number of para-hydroxylation sites is 2. The van der Waals surface area contributed by atoms with Crippen molar-refractivity contribution >= 4 is 27.8 Å². The molecule has 0 fully saturated rings. The summed E-state index contributed by atoms with van der Waals surface area (Å²) < 4.78 is 0. The quantitative estimate of drug-likeness (QED) is 0.176. The normalized spacial score (nSPS) is 11.0. The molecule has 222 valence electrons. The van der Waals surface area contributed by atoms with E-state index in [2.05, 4.69) is 205 Å². The van der Waals surface area contributed by atoms with Gasteiger partial charge in [-0.15, -0.1) is 0 Å². The first-order valence-electron chi connectivity index (χ1n) is 16.1. The number of nitrogens with zero attached hydrogens (tertiary/aromatic N) is 1. The first-order valence-corrected chi connectivity index (χ1v) is 16.1. The minimum Gasteiger partial charge on any atom is -0.310 e. The fraction of sp³-hybridized carbons (Fsp3) is 0. The van der Waals surface area contributed by atoms with Gasteiger partial charge in [0.2, 0.25) is 0 Å². The van der Waals surface area contributed by atoms with Crippen molar-refractivity contribution in [3.8, 4) is 44.5 Å². The first-order chi connectivity index (χ1) is 23.3. The third kappa shape index (κ3) is 5.60. The van der Waals surface area contributed by atoms with E-state index in [0.29, 0.717) is 0 Å². The third-order valence-electron chi connectivity index (χ3n) is 8.89. The highest BCUT2D eigenvalue weighted by molar-refractivity contribution is 5.98. The van der Waals surface area contributed by atoms with Crippen molar-refractivity contribution in [2.45, 2.75) is 0 Å². The fourth-order valence-corrected chi connectivity index (χ4v) is 6.61. The molecule has 8 aromatic rings. The van der Waals surface area contributed by atoms with E-state index in [1.807, 2.05) is 0 Å². The maximum Gasteiger partial charge on any atom is 0.0540 e. The molecule has 0 saturated carbocycles. The van der Waals surface area contributed by atoms with E-state index in [4.69, 9.17) is 0 Å². The second kappa shape index (κ2) is 12.7. The van der Waals surface area contributed by atoms with Gasteiger partial charge in [-0.05, 0) is 80.0 Å². The molecule has 0 aromatic heterocycles. The summed E-state index contributed by atoms with van der Waals surface area (Å²) in [5.74, 6) is 0. The van der Waals surface area contributed by atoms with E-state index in [1.165, 1.54) is 55.3 Å². The van der Waals surface area contributed by atoms with Gasteiger partial charge in [0.15, 0.2) is 0 Å². The standard InChI is InChI=1S/C46H33N/c1-3-15-34(16-4-1)36-27-29-37(30-28-36)41-21-9-10-22-42(41)43-23-11-12-24-44(43)45-25-13-14-26-46(45)47(39-19-5-2-6-20-39)40-32-31-35-17-7-8-18-38(35)33-40/h1-33H. The van der Waals surface area contributed by atoms with E-state index in [1.54, 1.807) is 0 Å². The summed E-state index contributed by atoms with van der Waals surface area (Å²) in [6.45, 7) is 0. The van der Waals surface area contributed by atoms with Gasteiger partial charge in [-0.2, -0.15) is 0 Å². The Balaban J connectivity index is 1.27.